The molecule has 1 atom stereocenters. The second-order valence-electron chi connectivity index (χ2n) is 8.55. The first-order valence-corrected chi connectivity index (χ1v) is 12.7. The van der Waals surface area contributed by atoms with E-state index in [0.717, 1.165) is 11.1 Å². The molecule has 0 bridgehead atoms. The van der Waals surface area contributed by atoms with Gasteiger partial charge in [0.15, 0.2) is 0 Å². The number of carbonyl (C=O) groups is 1. The van der Waals surface area contributed by atoms with E-state index in [2.05, 4.69) is 0 Å². The van der Waals surface area contributed by atoms with E-state index in [1.54, 1.807) is 29.2 Å². The third kappa shape index (κ3) is 4.49. The minimum Gasteiger partial charge on any atom is -0.370 e. The molecule has 0 aromatic heterocycles. The van der Waals surface area contributed by atoms with Gasteiger partial charge >= 0.3 is 0 Å². The third-order valence-electron chi connectivity index (χ3n) is 6.41. The Bertz CT molecular complexity index is 1310. The molecule has 3 aromatic carbocycles. The number of ether oxygens (including phenoxy) is 1. The number of hydrogen-bond donors (Lipinski definition) is 0. The van der Waals surface area contributed by atoms with Crippen LogP contribution in [0, 0.1) is 5.82 Å². The molecule has 2 aliphatic rings. The molecule has 0 N–H and O–H groups in total. The number of rotatable bonds is 4. The van der Waals surface area contributed by atoms with Gasteiger partial charge in [0.05, 0.1) is 18.0 Å². The highest BCUT2D eigenvalue weighted by molar-refractivity contribution is 7.89. The smallest absolute Gasteiger partial charge is 0.254 e. The molecule has 2 heterocycles. The largest absolute Gasteiger partial charge is 0.370 e. The molecule has 0 unspecified atom stereocenters. The molecule has 0 spiro atoms. The summed E-state index contributed by atoms with van der Waals surface area (Å²) in [7, 11) is -3.75. The summed E-state index contributed by atoms with van der Waals surface area (Å²) in [6, 6.07) is 20.1. The molecule has 6 nitrogen and oxygen atoms in total. The summed E-state index contributed by atoms with van der Waals surface area (Å²) in [4.78, 5) is 15.0. The molecule has 5 rings (SSSR count). The summed E-state index contributed by atoms with van der Waals surface area (Å²) in [5.74, 6) is -0.584. The molecule has 1 amide bonds. The summed E-state index contributed by atoms with van der Waals surface area (Å²) in [5, 5.41) is 0. The summed E-state index contributed by atoms with van der Waals surface area (Å²) >= 11 is 0. The van der Waals surface area contributed by atoms with Gasteiger partial charge in [-0.25, -0.2) is 12.8 Å². The number of amides is 1. The Morgan fingerprint density at radius 2 is 1.71 bits per heavy atom. The Hall–Kier alpha value is -3.07. The molecule has 1 fully saturated rings. The number of hydrogen-bond acceptors (Lipinski definition) is 4. The van der Waals surface area contributed by atoms with E-state index in [9.17, 15) is 17.6 Å². The van der Waals surface area contributed by atoms with E-state index in [1.165, 1.54) is 34.1 Å². The summed E-state index contributed by atoms with van der Waals surface area (Å²) < 4.78 is 47.2. The quantitative estimate of drug-likeness (QED) is 0.570. The molecule has 0 aliphatic carbocycles. The first kappa shape index (κ1) is 22.7. The van der Waals surface area contributed by atoms with Crippen LogP contribution in [0.25, 0.3) is 0 Å². The Labute approximate surface area is 198 Å². The highest BCUT2D eigenvalue weighted by Crippen LogP contribution is 2.27. The highest BCUT2D eigenvalue weighted by Gasteiger charge is 2.30. The number of benzene rings is 3. The lowest BCUT2D eigenvalue weighted by molar-refractivity contribution is -0.0228. The monoisotopic (exact) mass is 480 g/mol. The van der Waals surface area contributed by atoms with Crippen molar-refractivity contribution in [2.24, 2.45) is 0 Å². The van der Waals surface area contributed by atoms with Crippen molar-refractivity contribution in [3.05, 3.63) is 101 Å². The van der Waals surface area contributed by atoms with Crippen LogP contribution in [-0.4, -0.2) is 49.8 Å². The first-order chi connectivity index (χ1) is 16.4. The Balaban J connectivity index is 1.34. The number of carbonyl (C=O) groups excluding carboxylic acids is 1. The molecular weight excluding hydrogens is 455 g/mol. The average molecular weight is 481 g/mol. The maximum absolute atomic E-state index is 13.4. The lowest BCUT2D eigenvalue weighted by atomic mass is 10.0. The second-order valence-corrected chi connectivity index (χ2v) is 10.5. The van der Waals surface area contributed by atoms with Crippen LogP contribution in [0.1, 0.15) is 33.2 Å². The molecule has 3 aromatic rings. The van der Waals surface area contributed by atoms with E-state index < -0.39 is 10.0 Å². The maximum atomic E-state index is 13.4. The Kier molecular flexibility index (Phi) is 6.20. The van der Waals surface area contributed by atoms with Crippen molar-refractivity contribution >= 4 is 15.9 Å². The fourth-order valence-corrected chi connectivity index (χ4v) is 5.97. The van der Waals surface area contributed by atoms with Gasteiger partial charge in [0.25, 0.3) is 5.91 Å². The molecule has 8 heteroatoms. The highest BCUT2D eigenvalue weighted by atomic mass is 32.2. The molecule has 0 saturated carbocycles. The van der Waals surface area contributed by atoms with Crippen molar-refractivity contribution < 1.29 is 22.3 Å². The van der Waals surface area contributed by atoms with Gasteiger partial charge in [-0.15, -0.1) is 0 Å². The van der Waals surface area contributed by atoms with E-state index in [0.29, 0.717) is 44.8 Å². The third-order valence-corrected chi connectivity index (χ3v) is 8.25. The van der Waals surface area contributed by atoms with Crippen LogP contribution in [-0.2, 0) is 27.7 Å². The van der Waals surface area contributed by atoms with E-state index in [-0.39, 0.29) is 22.7 Å². The minimum absolute atomic E-state index is 0.112. The average Bonchev–Trinajstić information content (AvgIpc) is 2.88. The molecule has 34 heavy (non-hydrogen) atoms. The van der Waals surface area contributed by atoms with Gasteiger partial charge < -0.3 is 9.64 Å². The topological polar surface area (TPSA) is 66.9 Å². The SMILES string of the molecule is O=C(c1cccc(S(=O)(=O)N2CCc3ccccc3C2)c1)N1CCO[C@@H](c2ccc(F)cc2)C1. The predicted octanol–water partition coefficient (Wildman–Crippen LogP) is 3.79. The van der Waals surface area contributed by atoms with Crippen molar-refractivity contribution in [2.75, 3.05) is 26.2 Å². The predicted molar refractivity (Wildman–Crippen MR) is 125 cm³/mol. The molecule has 2 aliphatic heterocycles. The lowest BCUT2D eigenvalue weighted by Crippen LogP contribution is -2.42. The van der Waals surface area contributed by atoms with Crippen molar-refractivity contribution in [3.8, 4) is 0 Å². The van der Waals surface area contributed by atoms with Gasteiger partial charge in [-0.05, 0) is 53.4 Å². The summed E-state index contributed by atoms with van der Waals surface area (Å²) in [6.07, 6.45) is 0.297. The van der Waals surface area contributed by atoms with E-state index in [4.69, 9.17) is 4.74 Å². The van der Waals surface area contributed by atoms with Crippen LogP contribution in [0.3, 0.4) is 0 Å². The van der Waals surface area contributed by atoms with Crippen molar-refractivity contribution in [1.29, 1.82) is 0 Å². The van der Waals surface area contributed by atoms with Gasteiger partial charge in [0, 0.05) is 25.2 Å². The van der Waals surface area contributed by atoms with Crippen LogP contribution in [0.2, 0.25) is 0 Å². The van der Waals surface area contributed by atoms with Crippen molar-refractivity contribution in [3.63, 3.8) is 0 Å². The van der Waals surface area contributed by atoms with Crippen LogP contribution in [0.4, 0.5) is 4.39 Å². The lowest BCUT2D eigenvalue weighted by Gasteiger charge is -2.33. The van der Waals surface area contributed by atoms with Crippen molar-refractivity contribution in [1.82, 2.24) is 9.21 Å². The zero-order valence-corrected chi connectivity index (χ0v) is 19.4. The Morgan fingerprint density at radius 3 is 2.50 bits per heavy atom. The van der Waals surface area contributed by atoms with Gasteiger partial charge in [0.1, 0.15) is 11.9 Å². The number of halogens is 1. The van der Waals surface area contributed by atoms with Crippen LogP contribution in [0.5, 0.6) is 0 Å². The standard InChI is InChI=1S/C26H25FN2O4S/c27-23-10-8-20(9-11-23)25-18-28(14-15-33-25)26(30)21-6-3-7-24(16-21)34(31,32)29-13-12-19-4-1-2-5-22(19)17-29/h1-11,16,25H,12-15,17-18H2/t25-/m1/s1. The summed E-state index contributed by atoms with van der Waals surface area (Å²) in [6.45, 7) is 1.78. The number of nitrogens with zero attached hydrogens (tertiary/aromatic N) is 2. The molecule has 176 valence electrons. The van der Waals surface area contributed by atoms with Gasteiger partial charge in [-0.3, -0.25) is 4.79 Å². The zero-order chi connectivity index (χ0) is 23.7. The molecule has 0 radical (unpaired) electrons. The Morgan fingerprint density at radius 1 is 0.941 bits per heavy atom. The van der Waals surface area contributed by atoms with E-state index >= 15 is 0 Å². The fourth-order valence-electron chi connectivity index (χ4n) is 4.51. The van der Waals surface area contributed by atoms with Gasteiger partial charge in [0.2, 0.25) is 10.0 Å². The van der Waals surface area contributed by atoms with Gasteiger partial charge in [-0.1, -0.05) is 42.5 Å². The summed E-state index contributed by atoms with van der Waals surface area (Å²) in [5.41, 5.74) is 3.28. The number of sulfonamides is 1. The zero-order valence-electron chi connectivity index (χ0n) is 18.6. The van der Waals surface area contributed by atoms with Gasteiger partial charge in [-0.2, -0.15) is 4.31 Å². The van der Waals surface area contributed by atoms with Crippen LogP contribution < -0.4 is 0 Å². The minimum atomic E-state index is -3.75. The number of fused-ring (bicyclic) bond motifs is 1. The first-order valence-electron chi connectivity index (χ1n) is 11.3. The van der Waals surface area contributed by atoms with Crippen molar-refractivity contribution in [2.45, 2.75) is 24.0 Å². The normalized spacial score (nSPS) is 19.0. The van der Waals surface area contributed by atoms with E-state index in [1.807, 2.05) is 24.3 Å². The van der Waals surface area contributed by atoms with Crippen LogP contribution >= 0.6 is 0 Å². The molecule has 1 saturated heterocycles. The second kappa shape index (κ2) is 9.29. The maximum Gasteiger partial charge on any atom is 0.254 e. The number of morpholine rings is 1. The molecular formula is C26H25FN2O4S. The fraction of sp³-hybridized carbons (Fsp3) is 0.269. The van der Waals surface area contributed by atoms with Crippen LogP contribution in [0.15, 0.2) is 77.7 Å².